The van der Waals surface area contributed by atoms with Crippen molar-refractivity contribution in [2.75, 3.05) is 33.2 Å². The average molecular weight is 492 g/mol. The number of nitrogens with one attached hydrogen (secondary N) is 2. The number of aliphatic imine (C=N–C) groups is 1. The lowest BCUT2D eigenvalue weighted by molar-refractivity contribution is 0.186. The van der Waals surface area contributed by atoms with Crippen LogP contribution in [0.5, 0.6) is 5.75 Å². The largest absolute Gasteiger partial charge is 0.491 e. The first kappa shape index (κ1) is 25.9. The van der Waals surface area contributed by atoms with Gasteiger partial charge in [0.15, 0.2) is 5.96 Å². The number of benzene rings is 1. The highest BCUT2D eigenvalue weighted by Crippen LogP contribution is 2.19. The normalized spacial score (nSPS) is 12.9. The second-order valence-electron chi connectivity index (χ2n) is 6.97. The molecule has 1 aromatic carbocycles. The molecule has 1 atom stereocenters. The molecular formula is C20H37IN4O2. The van der Waals surface area contributed by atoms with Gasteiger partial charge in [0.2, 0.25) is 0 Å². The number of aliphatic hydroxyl groups is 1. The maximum atomic E-state index is 10.4. The predicted molar refractivity (Wildman–Crippen MR) is 124 cm³/mol. The highest BCUT2D eigenvalue weighted by atomic mass is 127. The lowest BCUT2D eigenvalue weighted by atomic mass is 10.1. The van der Waals surface area contributed by atoms with Gasteiger partial charge in [-0.05, 0) is 59.4 Å². The molecule has 0 saturated carbocycles. The van der Waals surface area contributed by atoms with Crippen LogP contribution < -0.4 is 15.4 Å². The summed E-state index contributed by atoms with van der Waals surface area (Å²) in [6.07, 6.45) is -0.504. The molecule has 0 fully saturated rings. The first-order valence-corrected chi connectivity index (χ1v) is 9.50. The third-order valence-corrected chi connectivity index (χ3v) is 4.04. The fraction of sp³-hybridized carbons (Fsp3) is 0.650. The molecule has 0 saturated heterocycles. The molecule has 0 bridgehead atoms. The van der Waals surface area contributed by atoms with E-state index in [1.54, 1.807) is 0 Å². The number of halogens is 1. The number of rotatable bonds is 10. The summed E-state index contributed by atoms with van der Waals surface area (Å²) in [5, 5.41) is 16.9. The van der Waals surface area contributed by atoms with Crippen molar-refractivity contribution < 1.29 is 9.84 Å². The quantitative estimate of drug-likeness (QED) is 0.266. The van der Waals surface area contributed by atoms with E-state index in [4.69, 9.17) is 4.74 Å². The first-order chi connectivity index (χ1) is 12.3. The molecule has 0 heterocycles. The summed E-state index contributed by atoms with van der Waals surface area (Å²) in [5.41, 5.74) is 0.834. The number of hydrogen-bond donors (Lipinski definition) is 3. The Hall–Kier alpha value is -1.06. The second kappa shape index (κ2) is 14.0. The van der Waals surface area contributed by atoms with E-state index in [0.29, 0.717) is 12.6 Å². The van der Waals surface area contributed by atoms with Crippen molar-refractivity contribution in [3.8, 4) is 5.75 Å². The topological polar surface area (TPSA) is 69.1 Å². The van der Waals surface area contributed by atoms with Crippen molar-refractivity contribution in [2.24, 2.45) is 4.99 Å². The number of aliphatic hydroxyl groups excluding tert-OH is 1. The first-order valence-electron chi connectivity index (χ1n) is 9.50. The van der Waals surface area contributed by atoms with Crippen molar-refractivity contribution in [1.82, 2.24) is 15.5 Å². The Morgan fingerprint density at radius 3 is 2.30 bits per heavy atom. The molecule has 0 amide bonds. The van der Waals surface area contributed by atoms with E-state index in [2.05, 4.69) is 41.4 Å². The van der Waals surface area contributed by atoms with E-state index in [0.717, 1.165) is 36.9 Å². The third kappa shape index (κ3) is 10.8. The number of nitrogens with zero attached hydrogens (tertiary/aromatic N) is 2. The smallest absolute Gasteiger partial charge is 0.191 e. The molecule has 1 aromatic rings. The van der Waals surface area contributed by atoms with Gasteiger partial charge >= 0.3 is 0 Å². The monoisotopic (exact) mass is 492 g/mol. The SMILES string of the molecule is CCNC(=NCC(O)c1ccc(OC(C)C)cc1)NCCN(C)C(C)C.I. The average Bonchev–Trinajstić information content (AvgIpc) is 2.59. The standard InChI is InChI=1S/C20H36N4O2.HI/c1-7-21-20(22-12-13-24(6)15(2)3)23-14-19(25)17-8-10-18(11-9-17)26-16(4)5;/h8-11,15-16,19,25H,7,12-14H2,1-6H3,(H2,21,22,23);1H. The Morgan fingerprint density at radius 2 is 1.78 bits per heavy atom. The molecule has 0 aliphatic carbocycles. The maximum absolute atomic E-state index is 10.4. The minimum atomic E-state index is -0.642. The van der Waals surface area contributed by atoms with Gasteiger partial charge in [-0.2, -0.15) is 0 Å². The van der Waals surface area contributed by atoms with E-state index in [-0.39, 0.29) is 30.1 Å². The van der Waals surface area contributed by atoms with Gasteiger partial charge in [0.25, 0.3) is 0 Å². The lowest BCUT2D eigenvalue weighted by Gasteiger charge is -2.21. The summed E-state index contributed by atoms with van der Waals surface area (Å²) in [6, 6.07) is 8.05. The lowest BCUT2D eigenvalue weighted by Crippen LogP contribution is -2.42. The number of ether oxygens (including phenoxy) is 1. The van der Waals surface area contributed by atoms with Crippen LogP contribution in [0.25, 0.3) is 0 Å². The van der Waals surface area contributed by atoms with Crippen molar-refractivity contribution in [3.05, 3.63) is 29.8 Å². The van der Waals surface area contributed by atoms with E-state index in [1.165, 1.54) is 0 Å². The predicted octanol–water partition coefficient (Wildman–Crippen LogP) is 3.02. The Morgan fingerprint density at radius 1 is 1.15 bits per heavy atom. The van der Waals surface area contributed by atoms with Crippen LogP contribution in [0.3, 0.4) is 0 Å². The van der Waals surface area contributed by atoms with Crippen LogP contribution >= 0.6 is 24.0 Å². The highest BCUT2D eigenvalue weighted by molar-refractivity contribution is 14.0. The van der Waals surface area contributed by atoms with E-state index in [1.807, 2.05) is 45.0 Å². The molecule has 6 nitrogen and oxygen atoms in total. The Labute approximate surface area is 181 Å². The molecular weight excluding hydrogens is 455 g/mol. The molecule has 0 radical (unpaired) electrons. The molecule has 0 spiro atoms. The van der Waals surface area contributed by atoms with Crippen LogP contribution in [0, 0.1) is 0 Å². The Bertz CT molecular complexity index is 535. The number of guanidine groups is 1. The van der Waals surface area contributed by atoms with Gasteiger partial charge in [-0.15, -0.1) is 24.0 Å². The number of hydrogen-bond acceptors (Lipinski definition) is 4. The van der Waals surface area contributed by atoms with Crippen LogP contribution in [0.2, 0.25) is 0 Å². The van der Waals surface area contributed by atoms with Crippen LogP contribution in [0.4, 0.5) is 0 Å². The summed E-state index contributed by atoms with van der Waals surface area (Å²) in [5.74, 6) is 1.53. The van der Waals surface area contributed by atoms with Crippen LogP contribution in [0.1, 0.15) is 46.3 Å². The van der Waals surface area contributed by atoms with Crippen molar-refractivity contribution in [2.45, 2.75) is 52.9 Å². The summed E-state index contributed by atoms with van der Waals surface area (Å²) >= 11 is 0. The molecule has 27 heavy (non-hydrogen) atoms. The van der Waals surface area contributed by atoms with Crippen LogP contribution in [-0.4, -0.2) is 61.3 Å². The minimum absolute atomic E-state index is 0. The third-order valence-electron chi connectivity index (χ3n) is 4.04. The molecule has 0 aliphatic rings. The van der Waals surface area contributed by atoms with Crippen molar-refractivity contribution in [1.29, 1.82) is 0 Å². The fourth-order valence-corrected chi connectivity index (χ4v) is 2.27. The van der Waals surface area contributed by atoms with Gasteiger partial charge in [-0.1, -0.05) is 12.1 Å². The summed E-state index contributed by atoms with van der Waals surface area (Å²) < 4.78 is 5.63. The minimum Gasteiger partial charge on any atom is -0.491 e. The van der Waals surface area contributed by atoms with E-state index >= 15 is 0 Å². The Kier molecular flexibility index (Phi) is 13.5. The van der Waals surface area contributed by atoms with Gasteiger partial charge in [0, 0.05) is 25.7 Å². The van der Waals surface area contributed by atoms with Crippen molar-refractivity contribution in [3.63, 3.8) is 0 Å². The van der Waals surface area contributed by atoms with Gasteiger partial charge in [0.1, 0.15) is 5.75 Å². The van der Waals surface area contributed by atoms with Crippen LogP contribution in [-0.2, 0) is 0 Å². The molecule has 1 unspecified atom stereocenters. The molecule has 0 aromatic heterocycles. The van der Waals surface area contributed by atoms with E-state index in [9.17, 15) is 5.11 Å². The summed E-state index contributed by atoms with van der Waals surface area (Å²) in [7, 11) is 2.10. The van der Waals surface area contributed by atoms with Crippen molar-refractivity contribution >= 4 is 29.9 Å². The summed E-state index contributed by atoms with van der Waals surface area (Å²) in [4.78, 5) is 6.77. The van der Waals surface area contributed by atoms with Gasteiger partial charge in [0.05, 0.1) is 18.8 Å². The zero-order valence-corrected chi connectivity index (χ0v) is 19.9. The number of likely N-dealkylation sites (N-methyl/N-ethyl adjacent to an activating group) is 1. The molecule has 156 valence electrons. The second-order valence-corrected chi connectivity index (χ2v) is 6.97. The summed E-state index contributed by atoms with van der Waals surface area (Å²) in [6.45, 7) is 13.2. The van der Waals surface area contributed by atoms with Crippen LogP contribution in [0.15, 0.2) is 29.3 Å². The van der Waals surface area contributed by atoms with Gasteiger partial charge < -0.3 is 25.4 Å². The van der Waals surface area contributed by atoms with Gasteiger partial charge in [-0.25, -0.2) is 0 Å². The Balaban J connectivity index is 0.00000676. The zero-order valence-electron chi connectivity index (χ0n) is 17.5. The van der Waals surface area contributed by atoms with E-state index < -0.39 is 6.10 Å². The maximum Gasteiger partial charge on any atom is 0.191 e. The molecule has 3 N–H and O–H groups in total. The molecule has 1 rings (SSSR count). The highest BCUT2D eigenvalue weighted by Gasteiger charge is 2.09. The molecule has 7 heteroatoms. The molecule has 0 aliphatic heterocycles. The van der Waals surface area contributed by atoms with Gasteiger partial charge in [-0.3, -0.25) is 4.99 Å². The zero-order chi connectivity index (χ0) is 19.5. The fourth-order valence-electron chi connectivity index (χ4n) is 2.27.